The molecule has 3 rings (SSSR count). The Morgan fingerprint density at radius 1 is 1.27 bits per heavy atom. The van der Waals surface area contributed by atoms with Gasteiger partial charge in [-0.05, 0) is 43.2 Å². The van der Waals surface area contributed by atoms with Crippen LogP contribution in [0, 0.1) is 0 Å². The summed E-state index contributed by atoms with van der Waals surface area (Å²) in [5, 5.41) is 0.770. The van der Waals surface area contributed by atoms with Crippen molar-refractivity contribution in [3.8, 4) is 0 Å². The summed E-state index contributed by atoms with van der Waals surface area (Å²) in [5.74, 6) is -0.362. The van der Waals surface area contributed by atoms with E-state index in [-0.39, 0.29) is 11.8 Å². The second kappa shape index (κ2) is 8.06. The van der Waals surface area contributed by atoms with Crippen molar-refractivity contribution >= 4 is 35.0 Å². The fourth-order valence-electron chi connectivity index (χ4n) is 3.15. The van der Waals surface area contributed by atoms with E-state index in [0.29, 0.717) is 35.1 Å². The Morgan fingerprint density at radius 2 is 2.08 bits per heavy atom. The number of carbonyl (C=O) groups is 2. The van der Waals surface area contributed by atoms with Gasteiger partial charge in [-0.25, -0.2) is 0 Å². The number of benzene rings is 1. The first-order valence-electron chi connectivity index (χ1n) is 8.38. The van der Waals surface area contributed by atoms with Crippen LogP contribution in [-0.4, -0.2) is 46.2 Å². The summed E-state index contributed by atoms with van der Waals surface area (Å²) in [7, 11) is 1.73. The zero-order valence-corrected chi connectivity index (χ0v) is 15.9. The highest BCUT2D eigenvalue weighted by atomic mass is 35.5. The predicted octanol–water partition coefficient (Wildman–Crippen LogP) is 3.65. The molecule has 0 aliphatic carbocycles. The molecule has 0 radical (unpaired) electrons. The molecule has 1 aromatic carbocycles. The summed E-state index contributed by atoms with van der Waals surface area (Å²) in [4.78, 5) is 33.3. The molecule has 26 heavy (non-hydrogen) atoms. The monoisotopic (exact) mass is 391 g/mol. The van der Waals surface area contributed by atoms with Gasteiger partial charge in [0.1, 0.15) is 6.04 Å². The van der Waals surface area contributed by atoms with Crippen LogP contribution in [-0.2, 0) is 11.3 Å². The molecular weight excluding hydrogens is 373 g/mol. The van der Waals surface area contributed by atoms with Crippen LogP contribution >= 0.6 is 23.2 Å². The highest BCUT2D eigenvalue weighted by Crippen LogP contribution is 2.27. The lowest BCUT2D eigenvalue weighted by Crippen LogP contribution is -2.46. The van der Waals surface area contributed by atoms with Gasteiger partial charge in [-0.15, -0.1) is 0 Å². The van der Waals surface area contributed by atoms with E-state index in [0.717, 1.165) is 12.1 Å². The third-order valence-corrected chi connectivity index (χ3v) is 5.02. The summed E-state index contributed by atoms with van der Waals surface area (Å²) >= 11 is 12.2. The summed E-state index contributed by atoms with van der Waals surface area (Å²) in [6, 6.07) is 9.86. The average Bonchev–Trinajstić information content (AvgIpc) is 3.13. The minimum Gasteiger partial charge on any atom is -0.338 e. The van der Waals surface area contributed by atoms with Gasteiger partial charge in [0.05, 0.1) is 22.8 Å². The number of rotatable bonds is 4. The fraction of sp³-hybridized carbons (Fsp3) is 0.316. The Bertz CT molecular complexity index is 814. The van der Waals surface area contributed by atoms with E-state index in [2.05, 4.69) is 4.98 Å². The van der Waals surface area contributed by atoms with E-state index >= 15 is 0 Å². The van der Waals surface area contributed by atoms with Gasteiger partial charge in [-0.1, -0.05) is 29.3 Å². The molecule has 1 aliphatic heterocycles. The Balaban J connectivity index is 1.75. The van der Waals surface area contributed by atoms with E-state index in [1.807, 2.05) is 18.2 Å². The van der Waals surface area contributed by atoms with Crippen molar-refractivity contribution in [2.75, 3.05) is 13.6 Å². The molecule has 2 aromatic rings. The smallest absolute Gasteiger partial charge is 0.256 e. The Morgan fingerprint density at radius 3 is 2.81 bits per heavy atom. The number of likely N-dealkylation sites (tertiary alicyclic amines) is 1. The maximum absolute atomic E-state index is 12.9. The van der Waals surface area contributed by atoms with Crippen molar-refractivity contribution in [1.82, 2.24) is 14.8 Å². The number of hydrogen-bond donors (Lipinski definition) is 0. The molecule has 5 nitrogen and oxygen atoms in total. The lowest BCUT2D eigenvalue weighted by atomic mass is 10.1. The molecule has 2 amide bonds. The number of carbonyl (C=O) groups excluding carboxylic acids is 2. The molecule has 7 heteroatoms. The van der Waals surface area contributed by atoms with Crippen molar-refractivity contribution in [2.24, 2.45) is 0 Å². The van der Waals surface area contributed by atoms with Gasteiger partial charge in [0.15, 0.2) is 0 Å². The van der Waals surface area contributed by atoms with Gasteiger partial charge in [0, 0.05) is 24.8 Å². The standard InChI is InChI=1S/C19H19Cl2N3O2/c1-23(12-14-5-2-3-9-22-14)19(26)17-6-4-10-24(17)18(25)15-11-13(20)7-8-16(15)21/h2-3,5,7-9,11,17H,4,6,10,12H2,1H3. The van der Waals surface area contributed by atoms with Crippen LogP contribution in [0.1, 0.15) is 28.9 Å². The van der Waals surface area contributed by atoms with Crippen LogP contribution in [0.15, 0.2) is 42.6 Å². The molecule has 136 valence electrons. The number of halogens is 2. The first-order valence-corrected chi connectivity index (χ1v) is 9.14. The predicted molar refractivity (Wildman–Crippen MR) is 101 cm³/mol. The summed E-state index contributed by atoms with van der Waals surface area (Å²) in [5.41, 5.74) is 1.13. The molecule has 0 bridgehead atoms. The van der Waals surface area contributed by atoms with Crippen molar-refractivity contribution in [1.29, 1.82) is 0 Å². The van der Waals surface area contributed by atoms with Crippen LogP contribution in [0.25, 0.3) is 0 Å². The molecule has 1 atom stereocenters. The molecule has 0 saturated carbocycles. The molecule has 2 heterocycles. The number of hydrogen-bond acceptors (Lipinski definition) is 3. The number of aromatic nitrogens is 1. The second-order valence-electron chi connectivity index (χ2n) is 6.30. The van der Waals surface area contributed by atoms with E-state index in [1.165, 1.54) is 0 Å². The van der Waals surface area contributed by atoms with E-state index in [4.69, 9.17) is 23.2 Å². The lowest BCUT2D eigenvalue weighted by Gasteiger charge is -2.28. The topological polar surface area (TPSA) is 53.5 Å². The summed E-state index contributed by atoms with van der Waals surface area (Å²) in [6.07, 6.45) is 3.10. The maximum atomic E-state index is 12.9. The average molecular weight is 392 g/mol. The van der Waals surface area contributed by atoms with Gasteiger partial charge in [0.2, 0.25) is 5.91 Å². The molecule has 1 unspecified atom stereocenters. The third kappa shape index (κ3) is 4.00. The minimum absolute atomic E-state index is 0.0975. The molecule has 1 saturated heterocycles. The van der Waals surface area contributed by atoms with E-state index < -0.39 is 6.04 Å². The van der Waals surface area contributed by atoms with Gasteiger partial charge in [0.25, 0.3) is 5.91 Å². The first-order chi connectivity index (χ1) is 12.5. The van der Waals surface area contributed by atoms with Crippen molar-refractivity contribution in [3.05, 3.63) is 63.9 Å². The van der Waals surface area contributed by atoms with Crippen molar-refractivity contribution in [2.45, 2.75) is 25.4 Å². The number of nitrogens with zero attached hydrogens (tertiary/aromatic N) is 3. The lowest BCUT2D eigenvalue weighted by molar-refractivity contribution is -0.134. The fourth-order valence-corrected chi connectivity index (χ4v) is 3.52. The summed E-state index contributed by atoms with van der Waals surface area (Å²) < 4.78 is 0. The van der Waals surface area contributed by atoms with Gasteiger partial charge in [-0.3, -0.25) is 14.6 Å². The van der Waals surface area contributed by atoms with E-state index in [9.17, 15) is 9.59 Å². The maximum Gasteiger partial charge on any atom is 0.256 e. The largest absolute Gasteiger partial charge is 0.338 e. The van der Waals surface area contributed by atoms with E-state index in [1.54, 1.807) is 41.2 Å². The molecule has 0 spiro atoms. The normalized spacial score (nSPS) is 16.6. The summed E-state index contributed by atoms with van der Waals surface area (Å²) in [6.45, 7) is 0.922. The molecular formula is C19H19Cl2N3O2. The van der Waals surface area contributed by atoms with Crippen LogP contribution in [0.2, 0.25) is 10.0 Å². The van der Waals surface area contributed by atoms with Crippen LogP contribution in [0.5, 0.6) is 0 Å². The molecule has 1 aromatic heterocycles. The van der Waals surface area contributed by atoms with Gasteiger partial charge < -0.3 is 9.80 Å². The van der Waals surface area contributed by atoms with Crippen molar-refractivity contribution < 1.29 is 9.59 Å². The minimum atomic E-state index is -0.494. The Hall–Kier alpha value is -2.11. The second-order valence-corrected chi connectivity index (χ2v) is 7.14. The SMILES string of the molecule is CN(Cc1ccccn1)C(=O)C1CCCN1C(=O)c1cc(Cl)ccc1Cl. The highest BCUT2D eigenvalue weighted by Gasteiger charge is 2.36. The van der Waals surface area contributed by atoms with Gasteiger partial charge >= 0.3 is 0 Å². The Labute approximate surface area is 162 Å². The van der Waals surface area contributed by atoms with Gasteiger partial charge in [-0.2, -0.15) is 0 Å². The number of amides is 2. The number of likely N-dealkylation sites (N-methyl/N-ethyl adjacent to an activating group) is 1. The van der Waals surface area contributed by atoms with Crippen LogP contribution in [0.3, 0.4) is 0 Å². The number of pyridine rings is 1. The molecule has 0 N–H and O–H groups in total. The molecule has 1 fully saturated rings. The van der Waals surface area contributed by atoms with Crippen LogP contribution < -0.4 is 0 Å². The highest BCUT2D eigenvalue weighted by molar-refractivity contribution is 6.35. The van der Waals surface area contributed by atoms with Crippen molar-refractivity contribution in [3.63, 3.8) is 0 Å². The quantitative estimate of drug-likeness (QED) is 0.798. The zero-order chi connectivity index (χ0) is 18.7. The Kier molecular flexibility index (Phi) is 5.79. The van der Waals surface area contributed by atoms with Crippen LogP contribution in [0.4, 0.5) is 0 Å². The zero-order valence-electron chi connectivity index (χ0n) is 14.4. The third-order valence-electron chi connectivity index (χ3n) is 4.46. The first kappa shape index (κ1) is 18.7. The molecule has 1 aliphatic rings.